The number of hydrogen-bond donors (Lipinski definition) is 2. The summed E-state index contributed by atoms with van der Waals surface area (Å²) >= 11 is 5.75. The zero-order valence-electron chi connectivity index (χ0n) is 16.6. The molecule has 2 rings (SSSR count). The van der Waals surface area contributed by atoms with E-state index in [1.807, 2.05) is 5.32 Å². The first-order chi connectivity index (χ1) is 15.2. The van der Waals surface area contributed by atoms with Crippen molar-refractivity contribution in [2.75, 3.05) is 13.2 Å². The van der Waals surface area contributed by atoms with Crippen LogP contribution in [-0.4, -0.2) is 43.5 Å². The number of benzene rings is 2. The van der Waals surface area contributed by atoms with E-state index >= 15 is 0 Å². The second kappa shape index (κ2) is 12.4. The van der Waals surface area contributed by atoms with Crippen molar-refractivity contribution in [2.24, 2.45) is 0 Å². The SMILES string of the molecule is O=C(COC(=O)CCCNC(=O)c1ccc(Cl)cc1)NC(=O)c1ccc(OC(F)F)cc1. The molecule has 0 bridgehead atoms. The number of ether oxygens (including phenoxy) is 2. The van der Waals surface area contributed by atoms with Gasteiger partial charge in [-0.2, -0.15) is 8.78 Å². The zero-order valence-corrected chi connectivity index (χ0v) is 17.4. The summed E-state index contributed by atoms with van der Waals surface area (Å²) < 4.78 is 33.1. The number of carbonyl (C=O) groups is 4. The Morgan fingerprint density at radius 3 is 2.12 bits per heavy atom. The van der Waals surface area contributed by atoms with Crippen LogP contribution in [0, 0.1) is 0 Å². The Hall–Kier alpha value is -3.53. The number of hydrogen-bond acceptors (Lipinski definition) is 6. The lowest BCUT2D eigenvalue weighted by atomic mass is 10.2. The van der Waals surface area contributed by atoms with Gasteiger partial charge in [-0.05, 0) is 55.0 Å². The Bertz CT molecular complexity index is 952. The molecule has 3 amide bonds. The van der Waals surface area contributed by atoms with Crippen molar-refractivity contribution in [1.29, 1.82) is 0 Å². The highest BCUT2D eigenvalue weighted by Crippen LogP contribution is 2.14. The lowest BCUT2D eigenvalue weighted by molar-refractivity contribution is -0.148. The van der Waals surface area contributed by atoms with Crippen LogP contribution in [0.5, 0.6) is 5.75 Å². The molecule has 0 aliphatic carbocycles. The van der Waals surface area contributed by atoms with E-state index in [0.29, 0.717) is 10.6 Å². The minimum atomic E-state index is -2.99. The molecule has 2 aromatic carbocycles. The van der Waals surface area contributed by atoms with Crippen LogP contribution >= 0.6 is 11.6 Å². The first-order valence-electron chi connectivity index (χ1n) is 9.33. The number of amides is 3. The highest BCUT2D eigenvalue weighted by Gasteiger charge is 2.14. The summed E-state index contributed by atoms with van der Waals surface area (Å²) in [4.78, 5) is 47.3. The van der Waals surface area contributed by atoms with Crippen molar-refractivity contribution in [2.45, 2.75) is 19.5 Å². The summed E-state index contributed by atoms with van der Waals surface area (Å²) in [6.45, 7) is -3.45. The standard InChI is InChI=1S/C21H19ClF2N2O6/c22-15-7-3-13(4-8-15)19(29)25-11-1-2-18(28)31-12-17(27)26-20(30)14-5-9-16(10-6-14)32-21(23)24/h3-10,21H,1-2,11-12H2,(H,25,29)(H,26,27,30). The number of nitrogens with one attached hydrogen (secondary N) is 2. The van der Waals surface area contributed by atoms with Gasteiger partial charge in [-0.25, -0.2) is 0 Å². The van der Waals surface area contributed by atoms with Crippen molar-refractivity contribution < 1.29 is 37.4 Å². The highest BCUT2D eigenvalue weighted by atomic mass is 35.5. The fourth-order valence-electron chi connectivity index (χ4n) is 2.38. The van der Waals surface area contributed by atoms with Crippen LogP contribution in [0.25, 0.3) is 0 Å². The van der Waals surface area contributed by atoms with Crippen molar-refractivity contribution in [3.05, 3.63) is 64.7 Å². The Morgan fingerprint density at radius 1 is 0.906 bits per heavy atom. The monoisotopic (exact) mass is 468 g/mol. The Kier molecular flexibility index (Phi) is 9.55. The second-order valence-electron chi connectivity index (χ2n) is 6.31. The van der Waals surface area contributed by atoms with Crippen LogP contribution in [0.3, 0.4) is 0 Å². The third kappa shape index (κ3) is 8.68. The first-order valence-corrected chi connectivity index (χ1v) is 9.71. The van der Waals surface area contributed by atoms with Gasteiger partial charge in [0.25, 0.3) is 17.7 Å². The number of imide groups is 1. The largest absolute Gasteiger partial charge is 0.456 e. The molecule has 0 aliphatic rings. The van der Waals surface area contributed by atoms with E-state index in [9.17, 15) is 28.0 Å². The lowest BCUT2D eigenvalue weighted by Gasteiger charge is -2.08. The molecular formula is C21H19ClF2N2O6. The fraction of sp³-hybridized carbons (Fsp3) is 0.238. The third-order valence-electron chi connectivity index (χ3n) is 3.91. The first kappa shape index (κ1) is 24.7. The summed E-state index contributed by atoms with van der Waals surface area (Å²) in [6.07, 6.45) is 0.236. The molecule has 0 saturated carbocycles. The van der Waals surface area contributed by atoms with Gasteiger partial charge in [0, 0.05) is 29.1 Å². The van der Waals surface area contributed by atoms with Gasteiger partial charge in [0.2, 0.25) is 0 Å². The highest BCUT2D eigenvalue weighted by molar-refractivity contribution is 6.30. The fourth-order valence-corrected chi connectivity index (χ4v) is 2.50. The van der Waals surface area contributed by atoms with Gasteiger partial charge in [-0.1, -0.05) is 11.6 Å². The molecule has 0 saturated heterocycles. The van der Waals surface area contributed by atoms with E-state index in [1.165, 1.54) is 12.1 Å². The molecule has 2 aromatic rings. The molecule has 170 valence electrons. The van der Waals surface area contributed by atoms with Crippen LogP contribution in [-0.2, 0) is 14.3 Å². The Labute approximate surface area is 186 Å². The van der Waals surface area contributed by atoms with Crippen LogP contribution in [0.1, 0.15) is 33.6 Å². The minimum absolute atomic E-state index is 0.0303. The van der Waals surface area contributed by atoms with Gasteiger partial charge in [0.05, 0.1) is 0 Å². The summed E-state index contributed by atoms with van der Waals surface area (Å²) in [5, 5.41) is 5.15. The normalized spacial score (nSPS) is 10.4. The maximum absolute atomic E-state index is 12.1. The molecule has 0 aromatic heterocycles. The van der Waals surface area contributed by atoms with E-state index in [1.54, 1.807) is 24.3 Å². The van der Waals surface area contributed by atoms with Crippen molar-refractivity contribution in [3.8, 4) is 5.75 Å². The van der Waals surface area contributed by atoms with Crippen LogP contribution in [0.15, 0.2) is 48.5 Å². The van der Waals surface area contributed by atoms with E-state index in [4.69, 9.17) is 16.3 Å². The molecule has 11 heteroatoms. The summed E-state index contributed by atoms with van der Waals surface area (Å²) in [7, 11) is 0. The van der Waals surface area contributed by atoms with E-state index in [2.05, 4.69) is 10.1 Å². The average Bonchev–Trinajstić information content (AvgIpc) is 2.75. The number of halogens is 3. The number of rotatable bonds is 10. The number of alkyl halides is 2. The van der Waals surface area contributed by atoms with E-state index < -0.39 is 31.0 Å². The zero-order chi connectivity index (χ0) is 23.5. The molecule has 0 unspecified atom stereocenters. The third-order valence-corrected chi connectivity index (χ3v) is 4.16. The van der Waals surface area contributed by atoms with Gasteiger partial charge in [-0.15, -0.1) is 0 Å². The van der Waals surface area contributed by atoms with Crippen LogP contribution < -0.4 is 15.4 Å². The number of esters is 1. The molecule has 2 N–H and O–H groups in total. The molecule has 32 heavy (non-hydrogen) atoms. The lowest BCUT2D eigenvalue weighted by Crippen LogP contribution is -2.34. The Morgan fingerprint density at radius 2 is 1.50 bits per heavy atom. The Balaban J connectivity index is 1.63. The molecular weight excluding hydrogens is 450 g/mol. The second-order valence-corrected chi connectivity index (χ2v) is 6.74. The van der Waals surface area contributed by atoms with Crippen molar-refractivity contribution >= 4 is 35.3 Å². The summed E-state index contributed by atoms with van der Waals surface area (Å²) in [5.74, 6) is -2.78. The van der Waals surface area contributed by atoms with Crippen molar-refractivity contribution in [3.63, 3.8) is 0 Å². The quantitative estimate of drug-likeness (QED) is 0.410. The molecule has 0 aliphatic heterocycles. The molecule has 0 fully saturated rings. The van der Waals surface area contributed by atoms with Gasteiger partial charge in [0.15, 0.2) is 6.61 Å². The number of carbonyl (C=O) groups excluding carboxylic acids is 4. The minimum Gasteiger partial charge on any atom is -0.456 e. The predicted octanol–water partition coefficient (Wildman–Crippen LogP) is 2.95. The molecule has 0 spiro atoms. The molecule has 0 atom stereocenters. The van der Waals surface area contributed by atoms with Gasteiger partial charge in [-0.3, -0.25) is 24.5 Å². The summed E-state index contributed by atoms with van der Waals surface area (Å²) in [5.41, 5.74) is 0.456. The van der Waals surface area contributed by atoms with Gasteiger partial charge in [0.1, 0.15) is 5.75 Å². The molecule has 0 heterocycles. The van der Waals surface area contributed by atoms with Crippen LogP contribution in [0.2, 0.25) is 5.02 Å². The predicted molar refractivity (Wildman–Crippen MR) is 110 cm³/mol. The maximum atomic E-state index is 12.1. The maximum Gasteiger partial charge on any atom is 0.387 e. The van der Waals surface area contributed by atoms with E-state index in [0.717, 1.165) is 12.1 Å². The smallest absolute Gasteiger partial charge is 0.387 e. The van der Waals surface area contributed by atoms with Crippen molar-refractivity contribution in [1.82, 2.24) is 10.6 Å². The molecule has 0 radical (unpaired) electrons. The average molecular weight is 469 g/mol. The summed E-state index contributed by atoms with van der Waals surface area (Å²) in [6, 6.07) is 11.0. The van der Waals surface area contributed by atoms with Gasteiger partial charge >= 0.3 is 12.6 Å². The van der Waals surface area contributed by atoms with Gasteiger partial charge < -0.3 is 14.8 Å². The van der Waals surface area contributed by atoms with Crippen LogP contribution in [0.4, 0.5) is 8.78 Å². The van der Waals surface area contributed by atoms with E-state index in [-0.39, 0.29) is 36.6 Å². The topological polar surface area (TPSA) is 111 Å². The molecule has 8 nitrogen and oxygen atoms in total.